The van der Waals surface area contributed by atoms with Gasteiger partial charge in [0.15, 0.2) is 11.5 Å². The van der Waals surface area contributed by atoms with E-state index in [1.807, 2.05) is 18.2 Å². The molecule has 6 heteroatoms. The van der Waals surface area contributed by atoms with Gasteiger partial charge < -0.3 is 20.5 Å². The van der Waals surface area contributed by atoms with Gasteiger partial charge in [-0.1, -0.05) is 18.9 Å². The normalized spacial score (nSPS) is 18.7. The van der Waals surface area contributed by atoms with Gasteiger partial charge in [0.25, 0.3) is 0 Å². The Labute approximate surface area is 130 Å². The molecule has 21 heavy (non-hydrogen) atoms. The molecule has 3 rings (SSSR count). The van der Waals surface area contributed by atoms with Gasteiger partial charge in [0.05, 0.1) is 12.1 Å². The minimum atomic E-state index is -0.299. The Morgan fingerprint density at radius 3 is 2.52 bits per heavy atom. The molecule has 0 aromatic heterocycles. The van der Waals surface area contributed by atoms with Crippen molar-refractivity contribution in [2.45, 2.75) is 31.2 Å². The SMILES string of the molecule is Cl.NCC(=O)NC1(c2ccc3c(c2)OCCO3)CCCC1. The summed E-state index contributed by atoms with van der Waals surface area (Å²) < 4.78 is 11.2. The number of hydrogen-bond acceptors (Lipinski definition) is 4. The van der Waals surface area contributed by atoms with Crippen LogP contribution in [0.2, 0.25) is 0 Å². The van der Waals surface area contributed by atoms with Crippen LogP contribution in [0.25, 0.3) is 0 Å². The lowest BCUT2D eigenvalue weighted by molar-refractivity contribution is -0.121. The molecule has 5 nitrogen and oxygen atoms in total. The number of amides is 1. The molecule has 0 atom stereocenters. The van der Waals surface area contributed by atoms with E-state index in [1.54, 1.807) is 0 Å². The molecule has 1 aromatic carbocycles. The number of hydrogen-bond donors (Lipinski definition) is 2. The number of rotatable bonds is 3. The summed E-state index contributed by atoms with van der Waals surface area (Å²) in [5.74, 6) is 1.43. The molecule has 3 N–H and O–H groups in total. The summed E-state index contributed by atoms with van der Waals surface area (Å²) in [7, 11) is 0. The Morgan fingerprint density at radius 1 is 1.19 bits per heavy atom. The summed E-state index contributed by atoms with van der Waals surface area (Å²) >= 11 is 0. The Hall–Kier alpha value is -1.46. The van der Waals surface area contributed by atoms with Gasteiger partial charge in [-0.25, -0.2) is 0 Å². The van der Waals surface area contributed by atoms with Crippen molar-refractivity contribution < 1.29 is 14.3 Å². The maximum atomic E-state index is 11.7. The molecular formula is C15H21ClN2O3. The Morgan fingerprint density at radius 2 is 1.86 bits per heavy atom. The van der Waals surface area contributed by atoms with Crippen molar-refractivity contribution in [2.24, 2.45) is 5.73 Å². The highest BCUT2D eigenvalue weighted by Crippen LogP contribution is 2.42. The van der Waals surface area contributed by atoms with Crippen molar-refractivity contribution in [1.29, 1.82) is 0 Å². The summed E-state index contributed by atoms with van der Waals surface area (Å²) in [5, 5.41) is 3.10. The highest BCUT2D eigenvalue weighted by molar-refractivity contribution is 5.85. The van der Waals surface area contributed by atoms with Gasteiger partial charge >= 0.3 is 0 Å². The lowest BCUT2D eigenvalue weighted by Crippen LogP contribution is -2.46. The van der Waals surface area contributed by atoms with Gasteiger partial charge in [-0.15, -0.1) is 12.4 Å². The van der Waals surface area contributed by atoms with Crippen molar-refractivity contribution in [3.05, 3.63) is 23.8 Å². The molecule has 0 bridgehead atoms. The van der Waals surface area contributed by atoms with Gasteiger partial charge in [0, 0.05) is 0 Å². The van der Waals surface area contributed by atoms with Gasteiger partial charge in [-0.05, 0) is 30.5 Å². The van der Waals surface area contributed by atoms with Crippen LogP contribution in [0.15, 0.2) is 18.2 Å². The molecule has 1 heterocycles. The van der Waals surface area contributed by atoms with Crippen LogP contribution in [0.5, 0.6) is 11.5 Å². The predicted octanol–water partition coefficient (Wildman–Crippen LogP) is 1.72. The zero-order valence-electron chi connectivity index (χ0n) is 11.9. The first-order chi connectivity index (χ1) is 9.73. The molecular weight excluding hydrogens is 292 g/mol. The summed E-state index contributed by atoms with van der Waals surface area (Å²) in [6, 6.07) is 5.95. The lowest BCUT2D eigenvalue weighted by atomic mass is 9.87. The quantitative estimate of drug-likeness (QED) is 0.891. The minimum Gasteiger partial charge on any atom is -0.486 e. The number of nitrogens with one attached hydrogen (secondary N) is 1. The van der Waals surface area contributed by atoms with Crippen molar-refractivity contribution in [3.8, 4) is 11.5 Å². The third kappa shape index (κ3) is 3.09. The molecule has 1 fully saturated rings. The molecule has 0 unspecified atom stereocenters. The second kappa shape index (κ2) is 6.54. The molecule has 0 radical (unpaired) electrons. The molecule has 1 aliphatic heterocycles. The van der Waals surface area contributed by atoms with Crippen LogP contribution in [0.3, 0.4) is 0 Å². The fourth-order valence-electron chi connectivity index (χ4n) is 3.12. The van der Waals surface area contributed by atoms with Crippen LogP contribution >= 0.6 is 12.4 Å². The van der Waals surface area contributed by atoms with E-state index < -0.39 is 0 Å². The van der Waals surface area contributed by atoms with Gasteiger partial charge in [-0.3, -0.25) is 4.79 Å². The minimum absolute atomic E-state index is 0. The number of benzene rings is 1. The van der Waals surface area contributed by atoms with E-state index >= 15 is 0 Å². The van der Waals surface area contributed by atoms with E-state index in [0.717, 1.165) is 42.7 Å². The maximum absolute atomic E-state index is 11.7. The fraction of sp³-hybridized carbons (Fsp3) is 0.533. The van der Waals surface area contributed by atoms with Crippen molar-refractivity contribution >= 4 is 18.3 Å². The highest BCUT2D eigenvalue weighted by atomic mass is 35.5. The first-order valence-electron chi connectivity index (χ1n) is 7.15. The average molecular weight is 313 g/mol. The average Bonchev–Trinajstić information content (AvgIpc) is 2.96. The summed E-state index contributed by atoms with van der Waals surface area (Å²) in [6.45, 7) is 1.17. The number of halogens is 1. The van der Waals surface area contributed by atoms with Crippen LogP contribution < -0.4 is 20.5 Å². The smallest absolute Gasteiger partial charge is 0.234 e. The third-order valence-corrected chi connectivity index (χ3v) is 4.12. The first-order valence-corrected chi connectivity index (χ1v) is 7.15. The van der Waals surface area contributed by atoms with E-state index in [0.29, 0.717) is 13.2 Å². The fourth-order valence-corrected chi connectivity index (χ4v) is 3.12. The van der Waals surface area contributed by atoms with Gasteiger partial charge in [-0.2, -0.15) is 0 Å². The van der Waals surface area contributed by atoms with Crippen LogP contribution in [-0.2, 0) is 10.3 Å². The number of nitrogens with two attached hydrogens (primary N) is 1. The Balaban J connectivity index is 0.00000161. The largest absolute Gasteiger partial charge is 0.486 e. The van der Waals surface area contributed by atoms with E-state index in [1.165, 1.54) is 0 Å². The van der Waals surface area contributed by atoms with E-state index in [2.05, 4.69) is 5.32 Å². The monoisotopic (exact) mass is 312 g/mol. The van der Waals surface area contributed by atoms with E-state index in [-0.39, 0.29) is 30.4 Å². The topological polar surface area (TPSA) is 73.6 Å². The second-order valence-corrected chi connectivity index (χ2v) is 5.40. The molecule has 0 saturated heterocycles. The first kappa shape index (κ1) is 15.9. The van der Waals surface area contributed by atoms with Crippen molar-refractivity contribution in [1.82, 2.24) is 5.32 Å². The number of ether oxygens (including phenoxy) is 2. The predicted molar refractivity (Wildman–Crippen MR) is 82.0 cm³/mol. The summed E-state index contributed by atoms with van der Waals surface area (Å²) in [4.78, 5) is 11.7. The number of carbonyl (C=O) groups is 1. The van der Waals surface area contributed by atoms with E-state index in [4.69, 9.17) is 15.2 Å². The standard InChI is InChI=1S/C15H20N2O3.ClH/c16-10-14(18)17-15(5-1-2-6-15)11-3-4-12-13(9-11)20-8-7-19-12;/h3-4,9H,1-2,5-8,10,16H2,(H,17,18);1H. The molecule has 1 saturated carbocycles. The third-order valence-electron chi connectivity index (χ3n) is 4.12. The zero-order chi connectivity index (χ0) is 14.0. The van der Waals surface area contributed by atoms with Crippen molar-refractivity contribution in [3.63, 3.8) is 0 Å². The molecule has 0 spiro atoms. The summed E-state index contributed by atoms with van der Waals surface area (Å²) in [5.41, 5.74) is 6.23. The molecule has 1 aromatic rings. The van der Waals surface area contributed by atoms with E-state index in [9.17, 15) is 4.79 Å². The van der Waals surface area contributed by atoms with Gasteiger partial charge in [0.1, 0.15) is 13.2 Å². The van der Waals surface area contributed by atoms with Crippen LogP contribution in [0, 0.1) is 0 Å². The second-order valence-electron chi connectivity index (χ2n) is 5.40. The Bertz CT molecular complexity index is 516. The number of carbonyl (C=O) groups excluding carboxylic acids is 1. The maximum Gasteiger partial charge on any atom is 0.234 e. The van der Waals surface area contributed by atoms with Crippen LogP contribution in [-0.4, -0.2) is 25.7 Å². The Kier molecular flexibility index (Phi) is 4.96. The molecule has 2 aliphatic rings. The van der Waals surface area contributed by atoms with Gasteiger partial charge in [0.2, 0.25) is 5.91 Å². The van der Waals surface area contributed by atoms with Crippen molar-refractivity contribution in [2.75, 3.05) is 19.8 Å². The number of fused-ring (bicyclic) bond motifs is 1. The molecule has 116 valence electrons. The van der Waals surface area contributed by atoms with Crippen LogP contribution in [0.4, 0.5) is 0 Å². The zero-order valence-corrected chi connectivity index (χ0v) is 12.7. The summed E-state index contributed by atoms with van der Waals surface area (Å²) in [6.07, 6.45) is 4.11. The highest BCUT2D eigenvalue weighted by Gasteiger charge is 2.37. The van der Waals surface area contributed by atoms with Crippen LogP contribution in [0.1, 0.15) is 31.2 Å². The lowest BCUT2D eigenvalue weighted by Gasteiger charge is -2.32. The molecule has 1 aliphatic carbocycles. The molecule has 1 amide bonds.